The lowest BCUT2D eigenvalue weighted by Crippen LogP contribution is -2.30. The number of nitrogens with one attached hydrogen (secondary N) is 1. The van der Waals surface area contributed by atoms with E-state index in [4.69, 9.17) is 4.74 Å². The molecule has 6 heteroatoms. The van der Waals surface area contributed by atoms with Crippen LogP contribution in [0.2, 0.25) is 0 Å². The van der Waals surface area contributed by atoms with Crippen LogP contribution in [-0.4, -0.2) is 41.0 Å². The van der Waals surface area contributed by atoms with E-state index in [2.05, 4.69) is 10.3 Å². The molecule has 6 nitrogen and oxygen atoms in total. The third-order valence-electron chi connectivity index (χ3n) is 2.34. The van der Waals surface area contributed by atoms with Gasteiger partial charge in [0.1, 0.15) is 0 Å². The Bertz CT molecular complexity index is 417. The van der Waals surface area contributed by atoms with Crippen molar-refractivity contribution < 1.29 is 9.84 Å². The number of aliphatic hydroxyl groups excluding tert-OH is 1. The highest BCUT2D eigenvalue weighted by atomic mass is 16.5. The molecule has 1 unspecified atom stereocenters. The zero-order valence-electron chi connectivity index (χ0n) is 11.1. The minimum Gasteiger partial charge on any atom is -0.389 e. The molecule has 1 rings (SSSR count). The van der Waals surface area contributed by atoms with Crippen LogP contribution in [-0.2, 0) is 11.3 Å². The van der Waals surface area contributed by atoms with E-state index in [1.807, 2.05) is 13.8 Å². The minimum atomic E-state index is -0.657. The molecule has 0 bridgehead atoms. The second kappa shape index (κ2) is 7.13. The topological polar surface area (TPSA) is 76.4 Å². The molecular formula is C12H21N3O3. The first-order valence-electron chi connectivity index (χ1n) is 6.01. The second-order valence-corrected chi connectivity index (χ2v) is 4.62. The van der Waals surface area contributed by atoms with Crippen LogP contribution in [0.3, 0.4) is 0 Å². The lowest BCUT2D eigenvalue weighted by Gasteiger charge is -2.13. The Morgan fingerprint density at radius 3 is 2.89 bits per heavy atom. The van der Waals surface area contributed by atoms with Crippen molar-refractivity contribution in [2.24, 2.45) is 5.92 Å². The maximum absolute atomic E-state index is 12.0. The number of hydrogen-bond donors (Lipinski definition) is 2. The highest BCUT2D eigenvalue weighted by Gasteiger charge is 2.08. The summed E-state index contributed by atoms with van der Waals surface area (Å²) >= 11 is 0. The largest absolute Gasteiger partial charge is 0.389 e. The van der Waals surface area contributed by atoms with Crippen LogP contribution in [0.5, 0.6) is 0 Å². The first-order chi connectivity index (χ1) is 8.54. The Hall–Kier alpha value is -1.40. The van der Waals surface area contributed by atoms with E-state index < -0.39 is 6.10 Å². The van der Waals surface area contributed by atoms with Crippen molar-refractivity contribution in [1.82, 2.24) is 9.55 Å². The number of nitrogens with zero attached hydrogens (tertiary/aromatic N) is 2. The summed E-state index contributed by atoms with van der Waals surface area (Å²) in [6.45, 7) is 5.20. The lowest BCUT2D eigenvalue weighted by molar-refractivity contribution is 0.0727. The Labute approximate surface area is 107 Å². The normalized spacial score (nSPS) is 12.7. The van der Waals surface area contributed by atoms with Gasteiger partial charge in [-0.2, -0.15) is 0 Å². The highest BCUT2D eigenvalue weighted by molar-refractivity contribution is 5.30. The van der Waals surface area contributed by atoms with E-state index in [9.17, 15) is 9.90 Å². The van der Waals surface area contributed by atoms with Gasteiger partial charge in [-0.1, -0.05) is 13.8 Å². The van der Waals surface area contributed by atoms with Crippen LogP contribution in [0.1, 0.15) is 13.8 Å². The number of hydrogen-bond acceptors (Lipinski definition) is 5. The Balaban J connectivity index is 2.69. The molecule has 18 heavy (non-hydrogen) atoms. The van der Waals surface area contributed by atoms with Crippen molar-refractivity contribution in [2.45, 2.75) is 26.5 Å². The number of aliphatic hydroxyl groups is 1. The average molecular weight is 255 g/mol. The molecule has 0 saturated heterocycles. The molecule has 0 fully saturated rings. The van der Waals surface area contributed by atoms with Gasteiger partial charge in [0.25, 0.3) is 5.56 Å². The van der Waals surface area contributed by atoms with E-state index in [0.29, 0.717) is 12.5 Å². The van der Waals surface area contributed by atoms with E-state index in [-0.39, 0.29) is 24.5 Å². The molecule has 0 saturated carbocycles. The number of anilines is 1. The summed E-state index contributed by atoms with van der Waals surface area (Å²) in [7, 11) is 1.51. The Morgan fingerprint density at radius 1 is 1.56 bits per heavy atom. The quantitative estimate of drug-likeness (QED) is 0.733. The Morgan fingerprint density at radius 2 is 2.28 bits per heavy atom. The maximum atomic E-state index is 12.0. The minimum absolute atomic E-state index is 0.171. The predicted octanol–water partition coefficient (Wildman–Crippen LogP) is 0.318. The van der Waals surface area contributed by atoms with Crippen molar-refractivity contribution in [3.8, 4) is 0 Å². The van der Waals surface area contributed by atoms with Crippen molar-refractivity contribution in [3.05, 3.63) is 22.7 Å². The molecule has 0 radical (unpaired) electrons. The van der Waals surface area contributed by atoms with Gasteiger partial charge in [0.05, 0.1) is 12.7 Å². The highest BCUT2D eigenvalue weighted by Crippen LogP contribution is 1.99. The molecule has 0 aromatic carbocycles. The lowest BCUT2D eigenvalue weighted by atomic mass is 10.2. The molecule has 1 aromatic rings. The van der Waals surface area contributed by atoms with Crippen molar-refractivity contribution in [2.75, 3.05) is 25.6 Å². The molecule has 1 atom stereocenters. The van der Waals surface area contributed by atoms with Gasteiger partial charge in [0, 0.05) is 32.6 Å². The molecule has 0 spiro atoms. The van der Waals surface area contributed by atoms with Gasteiger partial charge in [0.15, 0.2) is 5.82 Å². The summed E-state index contributed by atoms with van der Waals surface area (Å²) in [6.07, 6.45) is 2.59. The molecule has 1 heterocycles. The molecular weight excluding hydrogens is 234 g/mol. The third kappa shape index (κ3) is 4.46. The standard InChI is InChI=1S/C12H21N3O3/c1-9(2)7-15-5-4-13-11(12(15)17)14-6-10(16)8-18-3/h4-5,9-10,16H,6-8H2,1-3H3,(H,13,14). The summed E-state index contributed by atoms with van der Waals surface area (Å²) in [6, 6.07) is 0. The first-order valence-corrected chi connectivity index (χ1v) is 6.01. The average Bonchev–Trinajstić information content (AvgIpc) is 2.30. The van der Waals surface area contributed by atoms with E-state index >= 15 is 0 Å². The van der Waals surface area contributed by atoms with Crippen LogP contribution in [0.4, 0.5) is 5.82 Å². The summed E-state index contributed by atoms with van der Waals surface area (Å²) in [5.41, 5.74) is -0.171. The summed E-state index contributed by atoms with van der Waals surface area (Å²) in [4.78, 5) is 16.0. The van der Waals surface area contributed by atoms with Crippen LogP contribution in [0.25, 0.3) is 0 Å². The zero-order chi connectivity index (χ0) is 13.5. The molecule has 0 amide bonds. The first kappa shape index (κ1) is 14.7. The van der Waals surface area contributed by atoms with E-state index in [1.54, 1.807) is 17.0 Å². The van der Waals surface area contributed by atoms with Gasteiger partial charge < -0.3 is 19.7 Å². The van der Waals surface area contributed by atoms with Gasteiger partial charge in [-0.15, -0.1) is 0 Å². The van der Waals surface area contributed by atoms with Crippen LogP contribution in [0, 0.1) is 5.92 Å². The molecule has 102 valence electrons. The number of rotatable bonds is 7. The number of methoxy groups -OCH3 is 1. The number of aromatic nitrogens is 2. The fraction of sp³-hybridized carbons (Fsp3) is 0.667. The second-order valence-electron chi connectivity index (χ2n) is 4.62. The monoisotopic (exact) mass is 255 g/mol. The van der Waals surface area contributed by atoms with Gasteiger partial charge >= 0.3 is 0 Å². The van der Waals surface area contributed by atoms with Gasteiger partial charge in [-0.05, 0) is 5.92 Å². The zero-order valence-corrected chi connectivity index (χ0v) is 11.1. The Kier molecular flexibility index (Phi) is 5.80. The van der Waals surface area contributed by atoms with Gasteiger partial charge in [0.2, 0.25) is 0 Å². The molecule has 1 aromatic heterocycles. The molecule has 0 aliphatic rings. The van der Waals surface area contributed by atoms with Crippen molar-refractivity contribution in [3.63, 3.8) is 0 Å². The summed E-state index contributed by atoms with van der Waals surface area (Å²) < 4.78 is 6.42. The van der Waals surface area contributed by atoms with Gasteiger partial charge in [-0.25, -0.2) is 4.98 Å². The smallest absolute Gasteiger partial charge is 0.293 e. The molecule has 2 N–H and O–H groups in total. The SMILES string of the molecule is COCC(O)CNc1nccn(CC(C)C)c1=O. The maximum Gasteiger partial charge on any atom is 0.293 e. The van der Waals surface area contributed by atoms with E-state index in [0.717, 1.165) is 0 Å². The fourth-order valence-electron chi connectivity index (χ4n) is 1.57. The van der Waals surface area contributed by atoms with Gasteiger partial charge in [-0.3, -0.25) is 4.79 Å². The summed E-state index contributed by atoms with van der Waals surface area (Å²) in [5.74, 6) is 0.644. The molecule has 0 aliphatic carbocycles. The van der Waals surface area contributed by atoms with Crippen LogP contribution in [0.15, 0.2) is 17.2 Å². The van der Waals surface area contributed by atoms with Crippen molar-refractivity contribution in [1.29, 1.82) is 0 Å². The van der Waals surface area contributed by atoms with Crippen LogP contribution < -0.4 is 10.9 Å². The van der Waals surface area contributed by atoms with E-state index in [1.165, 1.54) is 7.11 Å². The number of ether oxygens (including phenoxy) is 1. The fourth-order valence-corrected chi connectivity index (χ4v) is 1.57. The summed E-state index contributed by atoms with van der Waals surface area (Å²) in [5, 5.41) is 12.3. The third-order valence-corrected chi connectivity index (χ3v) is 2.34. The van der Waals surface area contributed by atoms with Crippen molar-refractivity contribution >= 4 is 5.82 Å². The molecule has 0 aliphatic heterocycles. The van der Waals surface area contributed by atoms with Crippen LogP contribution >= 0.6 is 0 Å². The predicted molar refractivity (Wildman–Crippen MR) is 69.7 cm³/mol.